The summed E-state index contributed by atoms with van der Waals surface area (Å²) in [7, 11) is 0. The van der Waals surface area contributed by atoms with E-state index < -0.39 is 0 Å². The van der Waals surface area contributed by atoms with E-state index in [2.05, 4.69) is 72.7 Å². The molecule has 138 valence electrons. The molecule has 1 aromatic carbocycles. The van der Waals surface area contributed by atoms with Crippen LogP contribution in [0, 0.1) is 20.8 Å². The van der Waals surface area contributed by atoms with Gasteiger partial charge in [0.25, 0.3) is 0 Å². The number of hydrogen-bond acceptors (Lipinski definition) is 3. The minimum atomic E-state index is 0.811. The van der Waals surface area contributed by atoms with Gasteiger partial charge in [0.2, 0.25) is 0 Å². The monoisotopic (exact) mass is 350 g/mol. The topological polar surface area (TPSA) is 24.3 Å². The number of piperazine rings is 1. The van der Waals surface area contributed by atoms with Gasteiger partial charge in [-0.25, -0.2) is 0 Å². The standard InChI is InChI=1S/C22H30N4/c1-6-7-10-24-11-12-25(20(5)15-24)22-14-19(4)26(23-22)16-21-13-17(2)8-9-18(21)3/h6,8-9,13-14H,1,5,7,10-12,15-16H2,2-4H3. The maximum absolute atomic E-state index is 4.88. The van der Waals surface area contributed by atoms with E-state index in [9.17, 15) is 0 Å². The van der Waals surface area contributed by atoms with Crippen molar-refractivity contribution >= 4 is 5.82 Å². The van der Waals surface area contributed by atoms with Gasteiger partial charge in [-0.3, -0.25) is 9.58 Å². The van der Waals surface area contributed by atoms with Crippen molar-refractivity contribution in [3.05, 3.63) is 71.6 Å². The molecule has 0 unspecified atom stereocenters. The van der Waals surface area contributed by atoms with Crippen molar-refractivity contribution in [1.82, 2.24) is 14.7 Å². The van der Waals surface area contributed by atoms with Gasteiger partial charge in [-0.2, -0.15) is 5.10 Å². The average Bonchev–Trinajstić information content (AvgIpc) is 2.96. The summed E-state index contributed by atoms with van der Waals surface area (Å²) in [5.41, 5.74) is 6.24. The molecule has 1 aromatic heterocycles. The van der Waals surface area contributed by atoms with E-state index in [0.717, 1.165) is 50.7 Å². The minimum absolute atomic E-state index is 0.811. The number of aryl methyl sites for hydroxylation is 3. The van der Waals surface area contributed by atoms with Crippen LogP contribution in [-0.4, -0.2) is 40.9 Å². The Morgan fingerprint density at radius 2 is 1.96 bits per heavy atom. The Bertz CT molecular complexity index is 802. The molecule has 0 spiro atoms. The van der Waals surface area contributed by atoms with Gasteiger partial charge in [-0.05, 0) is 38.3 Å². The molecule has 26 heavy (non-hydrogen) atoms. The number of rotatable bonds is 6. The lowest BCUT2D eigenvalue weighted by Gasteiger charge is -2.36. The lowest BCUT2D eigenvalue weighted by Crippen LogP contribution is -2.44. The lowest BCUT2D eigenvalue weighted by molar-refractivity contribution is 0.285. The maximum Gasteiger partial charge on any atom is 0.155 e. The number of benzene rings is 1. The fraction of sp³-hybridized carbons (Fsp3) is 0.409. The van der Waals surface area contributed by atoms with Crippen LogP contribution < -0.4 is 4.90 Å². The molecule has 0 atom stereocenters. The molecular formula is C22H30N4. The normalized spacial score (nSPS) is 15.5. The molecule has 1 fully saturated rings. The van der Waals surface area contributed by atoms with Gasteiger partial charge in [-0.1, -0.05) is 36.4 Å². The summed E-state index contributed by atoms with van der Waals surface area (Å²) in [6.45, 7) is 19.3. The van der Waals surface area contributed by atoms with E-state index in [1.165, 1.54) is 22.4 Å². The number of nitrogens with zero attached hydrogens (tertiary/aromatic N) is 4. The number of anilines is 1. The van der Waals surface area contributed by atoms with Crippen LogP contribution in [0.4, 0.5) is 5.82 Å². The van der Waals surface area contributed by atoms with Crippen molar-refractivity contribution in [3.63, 3.8) is 0 Å². The van der Waals surface area contributed by atoms with Crippen LogP contribution in [-0.2, 0) is 6.54 Å². The van der Waals surface area contributed by atoms with Crippen molar-refractivity contribution in [1.29, 1.82) is 0 Å². The van der Waals surface area contributed by atoms with Crippen LogP contribution in [0.5, 0.6) is 0 Å². The molecule has 4 nitrogen and oxygen atoms in total. The second-order valence-electron chi connectivity index (χ2n) is 7.30. The lowest BCUT2D eigenvalue weighted by atomic mass is 10.1. The van der Waals surface area contributed by atoms with Crippen LogP contribution >= 0.6 is 0 Å². The van der Waals surface area contributed by atoms with Crippen molar-refractivity contribution < 1.29 is 0 Å². The van der Waals surface area contributed by atoms with E-state index in [1.807, 2.05) is 6.08 Å². The predicted octanol–water partition coefficient (Wildman–Crippen LogP) is 4.07. The van der Waals surface area contributed by atoms with E-state index >= 15 is 0 Å². The molecule has 1 aliphatic rings. The fourth-order valence-electron chi connectivity index (χ4n) is 3.48. The first-order chi connectivity index (χ1) is 12.5. The Labute approximate surface area is 157 Å². The Kier molecular flexibility index (Phi) is 5.62. The zero-order valence-electron chi connectivity index (χ0n) is 16.3. The Hall–Kier alpha value is -2.33. The van der Waals surface area contributed by atoms with Crippen LogP contribution in [0.15, 0.2) is 49.2 Å². The van der Waals surface area contributed by atoms with Gasteiger partial charge in [0, 0.05) is 43.6 Å². The molecule has 0 aliphatic carbocycles. The highest BCUT2D eigenvalue weighted by atomic mass is 15.4. The molecule has 1 aliphatic heterocycles. The minimum Gasteiger partial charge on any atom is -0.327 e. The summed E-state index contributed by atoms with van der Waals surface area (Å²) >= 11 is 0. The van der Waals surface area contributed by atoms with Crippen LogP contribution in [0.3, 0.4) is 0 Å². The Balaban J connectivity index is 1.73. The number of aromatic nitrogens is 2. The summed E-state index contributed by atoms with van der Waals surface area (Å²) in [6.07, 6.45) is 3.00. The van der Waals surface area contributed by atoms with Crippen molar-refractivity contribution in [2.45, 2.75) is 33.7 Å². The summed E-state index contributed by atoms with van der Waals surface area (Å²) in [6, 6.07) is 8.79. The molecule has 3 rings (SSSR count). The molecule has 4 heteroatoms. The van der Waals surface area contributed by atoms with E-state index in [-0.39, 0.29) is 0 Å². The van der Waals surface area contributed by atoms with Crippen LogP contribution in [0.1, 0.15) is 28.8 Å². The summed E-state index contributed by atoms with van der Waals surface area (Å²) in [4.78, 5) is 4.69. The molecule has 0 radical (unpaired) electrons. The molecule has 2 heterocycles. The highest BCUT2D eigenvalue weighted by Gasteiger charge is 2.22. The molecule has 0 bridgehead atoms. The second kappa shape index (κ2) is 7.92. The largest absolute Gasteiger partial charge is 0.327 e. The van der Waals surface area contributed by atoms with Gasteiger partial charge in [0.05, 0.1) is 6.54 Å². The zero-order chi connectivity index (χ0) is 18.7. The maximum atomic E-state index is 4.88. The smallest absolute Gasteiger partial charge is 0.155 e. The van der Waals surface area contributed by atoms with Gasteiger partial charge in [0.15, 0.2) is 5.82 Å². The van der Waals surface area contributed by atoms with Crippen molar-refractivity contribution in [3.8, 4) is 0 Å². The first-order valence-electron chi connectivity index (χ1n) is 9.37. The third kappa shape index (κ3) is 4.07. The van der Waals surface area contributed by atoms with Gasteiger partial charge >= 0.3 is 0 Å². The SMILES string of the molecule is C=CCCN1CCN(c2cc(C)n(Cc3cc(C)ccc3C)n2)C(=C)C1. The Morgan fingerprint density at radius 3 is 2.69 bits per heavy atom. The highest BCUT2D eigenvalue weighted by molar-refractivity contribution is 5.47. The average molecular weight is 351 g/mol. The molecule has 1 saturated heterocycles. The Morgan fingerprint density at radius 1 is 1.15 bits per heavy atom. The predicted molar refractivity (Wildman–Crippen MR) is 110 cm³/mol. The van der Waals surface area contributed by atoms with Gasteiger partial charge in [0.1, 0.15) is 0 Å². The zero-order valence-corrected chi connectivity index (χ0v) is 16.3. The third-order valence-corrected chi connectivity index (χ3v) is 5.15. The van der Waals surface area contributed by atoms with Crippen molar-refractivity contribution in [2.75, 3.05) is 31.1 Å². The van der Waals surface area contributed by atoms with E-state index in [4.69, 9.17) is 5.10 Å². The molecule has 0 N–H and O–H groups in total. The first kappa shape index (κ1) is 18.5. The molecule has 0 saturated carbocycles. The van der Waals surface area contributed by atoms with Crippen LogP contribution in [0.2, 0.25) is 0 Å². The van der Waals surface area contributed by atoms with Gasteiger partial charge < -0.3 is 4.90 Å². The second-order valence-corrected chi connectivity index (χ2v) is 7.30. The van der Waals surface area contributed by atoms with E-state index in [0.29, 0.717) is 0 Å². The first-order valence-corrected chi connectivity index (χ1v) is 9.37. The van der Waals surface area contributed by atoms with Gasteiger partial charge in [-0.15, -0.1) is 6.58 Å². The molecular weight excluding hydrogens is 320 g/mol. The molecule has 2 aromatic rings. The quantitative estimate of drug-likeness (QED) is 0.734. The number of hydrogen-bond donors (Lipinski definition) is 0. The molecule has 0 amide bonds. The highest BCUT2D eigenvalue weighted by Crippen LogP contribution is 2.23. The van der Waals surface area contributed by atoms with Crippen LogP contribution in [0.25, 0.3) is 0 Å². The van der Waals surface area contributed by atoms with Crippen molar-refractivity contribution in [2.24, 2.45) is 0 Å². The summed E-state index contributed by atoms with van der Waals surface area (Å²) in [5.74, 6) is 1.01. The third-order valence-electron chi connectivity index (χ3n) is 5.15. The summed E-state index contributed by atoms with van der Waals surface area (Å²) < 4.78 is 2.11. The van der Waals surface area contributed by atoms with E-state index in [1.54, 1.807) is 0 Å². The summed E-state index contributed by atoms with van der Waals surface area (Å²) in [5, 5.41) is 4.88. The fourth-order valence-corrected chi connectivity index (χ4v) is 3.48.